The number of hydrogen-bond donors (Lipinski definition) is 1. The van der Waals surface area contributed by atoms with E-state index in [1.54, 1.807) is 41.8 Å². The minimum atomic E-state index is -0.535. The van der Waals surface area contributed by atoms with Crippen LogP contribution in [0.3, 0.4) is 0 Å². The topological polar surface area (TPSA) is 86.6 Å². The molecule has 0 bridgehead atoms. The smallest absolute Gasteiger partial charge is 0.255 e. The van der Waals surface area contributed by atoms with Gasteiger partial charge >= 0.3 is 0 Å². The Morgan fingerprint density at radius 1 is 1.07 bits per heavy atom. The van der Waals surface area contributed by atoms with E-state index >= 15 is 0 Å². The third-order valence-corrected chi connectivity index (χ3v) is 6.35. The molecule has 1 unspecified atom stereocenters. The summed E-state index contributed by atoms with van der Waals surface area (Å²) in [5.74, 6) is 0.0737. The van der Waals surface area contributed by atoms with Crippen molar-refractivity contribution in [1.29, 1.82) is 0 Å². The predicted molar refractivity (Wildman–Crippen MR) is 112 cm³/mol. The Labute approximate surface area is 176 Å². The first-order chi connectivity index (χ1) is 14.5. The van der Waals surface area contributed by atoms with Crippen LogP contribution in [0.2, 0.25) is 0 Å². The van der Waals surface area contributed by atoms with Gasteiger partial charge in [-0.25, -0.2) is 0 Å². The van der Waals surface area contributed by atoms with Crippen LogP contribution in [-0.2, 0) is 11.2 Å². The maximum absolute atomic E-state index is 12.9. The van der Waals surface area contributed by atoms with Gasteiger partial charge in [0.2, 0.25) is 5.91 Å². The van der Waals surface area contributed by atoms with Crippen molar-refractivity contribution in [2.45, 2.75) is 38.2 Å². The van der Waals surface area contributed by atoms with Gasteiger partial charge in [-0.1, -0.05) is 6.07 Å². The highest BCUT2D eigenvalue weighted by atomic mass is 16.3. The van der Waals surface area contributed by atoms with Crippen LogP contribution < -0.4 is 0 Å². The molecule has 2 aromatic rings. The van der Waals surface area contributed by atoms with Crippen LogP contribution in [0.4, 0.5) is 0 Å². The lowest BCUT2D eigenvalue weighted by atomic mass is 9.71. The first kappa shape index (κ1) is 20.5. The van der Waals surface area contributed by atoms with Crippen molar-refractivity contribution in [1.82, 2.24) is 19.8 Å². The molecule has 1 spiro atoms. The molecule has 2 aliphatic heterocycles. The molecule has 1 atom stereocenters. The van der Waals surface area contributed by atoms with Crippen LogP contribution in [-0.4, -0.2) is 69.0 Å². The Bertz CT molecular complexity index is 867. The van der Waals surface area contributed by atoms with Gasteiger partial charge in [0.25, 0.3) is 5.91 Å². The van der Waals surface area contributed by atoms with Crippen LogP contribution in [0, 0.1) is 5.41 Å². The highest BCUT2D eigenvalue weighted by molar-refractivity contribution is 5.94. The summed E-state index contributed by atoms with van der Waals surface area (Å²) in [6.07, 6.45) is 9.68. The Morgan fingerprint density at radius 2 is 1.80 bits per heavy atom. The zero-order valence-electron chi connectivity index (χ0n) is 17.1. The van der Waals surface area contributed by atoms with E-state index in [2.05, 4.69) is 9.97 Å². The first-order valence-corrected chi connectivity index (χ1v) is 10.6. The second kappa shape index (κ2) is 8.92. The van der Waals surface area contributed by atoms with Gasteiger partial charge in [0, 0.05) is 57.4 Å². The molecule has 2 fully saturated rings. The average Bonchev–Trinajstić information content (AvgIpc) is 2.78. The molecule has 7 heteroatoms. The van der Waals surface area contributed by atoms with E-state index in [9.17, 15) is 14.7 Å². The second-order valence-corrected chi connectivity index (χ2v) is 8.53. The van der Waals surface area contributed by atoms with Crippen molar-refractivity contribution in [2.24, 2.45) is 5.41 Å². The highest BCUT2D eigenvalue weighted by Crippen LogP contribution is 2.40. The number of aromatic nitrogens is 2. The van der Waals surface area contributed by atoms with Gasteiger partial charge in [-0.2, -0.15) is 0 Å². The number of nitrogens with zero attached hydrogens (tertiary/aromatic N) is 4. The second-order valence-electron chi connectivity index (χ2n) is 8.53. The number of carbonyl (C=O) groups excluding carboxylic acids is 2. The minimum Gasteiger partial charge on any atom is -0.391 e. The molecule has 30 heavy (non-hydrogen) atoms. The van der Waals surface area contributed by atoms with Gasteiger partial charge in [0.15, 0.2) is 0 Å². The molecule has 2 aromatic heterocycles. The SMILES string of the molecule is O=C(CCc1cccnc1)N1CCC2(CC1)CC(O)CN(C(=O)c1cccnc1)C2. The molecule has 2 amide bonds. The van der Waals surface area contributed by atoms with Gasteiger partial charge in [0.05, 0.1) is 11.7 Å². The summed E-state index contributed by atoms with van der Waals surface area (Å²) < 4.78 is 0. The fourth-order valence-electron chi connectivity index (χ4n) is 4.73. The summed E-state index contributed by atoms with van der Waals surface area (Å²) in [7, 11) is 0. The molecule has 0 radical (unpaired) electrons. The summed E-state index contributed by atoms with van der Waals surface area (Å²) in [6.45, 7) is 2.32. The molecular formula is C23H28N4O3. The zero-order valence-corrected chi connectivity index (χ0v) is 17.1. The lowest BCUT2D eigenvalue weighted by molar-refractivity contribution is -0.134. The highest BCUT2D eigenvalue weighted by Gasteiger charge is 2.43. The van der Waals surface area contributed by atoms with Crippen LogP contribution in [0.25, 0.3) is 0 Å². The quantitative estimate of drug-likeness (QED) is 0.835. The molecular weight excluding hydrogens is 380 g/mol. The molecule has 7 nitrogen and oxygen atoms in total. The summed E-state index contributed by atoms with van der Waals surface area (Å²) in [4.78, 5) is 37.3. The number of β-amino-alcohol motifs (C(OH)–C–C–N with tert-alkyl or cyclic N) is 1. The van der Waals surface area contributed by atoms with Gasteiger partial charge < -0.3 is 14.9 Å². The van der Waals surface area contributed by atoms with Gasteiger partial charge in [-0.15, -0.1) is 0 Å². The number of likely N-dealkylation sites (tertiary alicyclic amines) is 2. The lowest BCUT2D eigenvalue weighted by Crippen LogP contribution is -2.55. The summed E-state index contributed by atoms with van der Waals surface area (Å²) in [5, 5.41) is 10.5. The molecule has 4 heterocycles. The van der Waals surface area contributed by atoms with Crippen LogP contribution in [0.1, 0.15) is 41.6 Å². The number of pyridine rings is 2. The largest absolute Gasteiger partial charge is 0.391 e. The number of hydrogen-bond acceptors (Lipinski definition) is 5. The Balaban J connectivity index is 1.34. The van der Waals surface area contributed by atoms with Crippen LogP contribution >= 0.6 is 0 Å². The summed E-state index contributed by atoms with van der Waals surface area (Å²) >= 11 is 0. The third kappa shape index (κ3) is 4.67. The van der Waals surface area contributed by atoms with E-state index in [0.29, 0.717) is 51.0 Å². The van der Waals surface area contributed by atoms with Crippen molar-refractivity contribution in [3.63, 3.8) is 0 Å². The summed E-state index contributed by atoms with van der Waals surface area (Å²) in [6, 6.07) is 7.38. The lowest BCUT2D eigenvalue weighted by Gasteiger charge is -2.49. The van der Waals surface area contributed by atoms with Crippen molar-refractivity contribution in [2.75, 3.05) is 26.2 Å². The monoisotopic (exact) mass is 408 g/mol. The standard InChI is InChI=1S/C23H28N4O3/c28-20-13-23(17-27(16-20)22(30)19-4-2-10-25-15-19)7-11-26(12-8-23)21(29)6-5-18-3-1-9-24-14-18/h1-4,9-10,14-15,20,28H,5-8,11-13,16-17H2. The van der Waals surface area contributed by atoms with E-state index in [4.69, 9.17) is 0 Å². The molecule has 0 aromatic carbocycles. The maximum atomic E-state index is 12.9. The number of aliphatic hydroxyl groups is 1. The average molecular weight is 409 g/mol. The molecule has 2 aliphatic rings. The molecule has 1 N–H and O–H groups in total. The Morgan fingerprint density at radius 3 is 2.47 bits per heavy atom. The van der Waals surface area contributed by atoms with Crippen LogP contribution in [0.15, 0.2) is 49.1 Å². The minimum absolute atomic E-state index is 0.0869. The van der Waals surface area contributed by atoms with E-state index in [-0.39, 0.29) is 17.2 Å². The van der Waals surface area contributed by atoms with Crippen LogP contribution in [0.5, 0.6) is 0 Å². The van der Waals surface area contributed by atoms with E-state index in [1.807, 2.05) is 17.0 Å². The zero-order chi connectivity index (χ0) is 21.0. The fraction of sp³-hybridized carbons (Fsp3) is 0.478. The van der Waals surface area contributed by atoms with Crippen molar-refractivity contribution in [3.8, 4) is 0 Å². The Hall–Kier alpha value is -2.80. The maximum Gasteiger partial charge on any atom is 0.255 e. The normalized spacial score (nSPS) is 20.9. The van der Waals surface area contributed by atoms with Gasteiger partial charge in [-0.05, 0) is 54.9 Å². The number of carbonyl (C=O) groups is 2. The van der Waals surface area contributed by atoms with E-state index in [0.717, 1.165) is 18.4 Å². The molecule has 2 saturated heterocycles. The third-order valence-electron chi connectivity index (χ3n) is 6.35. The Kier molecular flexibility index (Phi) is 6.08. The number of aryl methyl sites for hydroxylation is 1. The number of rotatable bonds is 4. The van der Waals surface area contributed by atoms with Crippen molar-refractivity contribution >= 4 is 11.8 Å². The first-order valence-electron chi connectivity index (χ1n) is 10.6. The molecule has 4 rings (SSSR count). The number of amides is 2. The van der Waals surface area contributed by atoms with E-state index in [1.165, 1.54) is 0 Å². The van der Waals surface area contributed by atoms with Crippen molar-refractivity contribution in [3.05, 3.63) is 60.2 Å². The van der Waals surface area contributed by atoms with Crippen molar-refractivity contribution < 1.29 is 14.7 Å². The molecule has 158 valence electrons. The number of aliphatic hydroxyl groups excluding tert-OH is 1. The summed E-state index contributed by atoms with van der Waals surface area (Å²) in [5.41, 5.74) is 1.49. The van der Waals surface area contributed by atoms with E-state index < -0.39 is 6.10 Å². The fourth-order valence-corrected chi connectivity index (χ4v) is 4.73. The molecule has 0 aliphatic carbocycles. The molecule has 0 saturated carbocycles. The number of piperidine rings is 2. The predicted octanol–water partition coefficient (Wildman–Crippen LogP) is 1.93. The van der Waals surface area contributed by atoms with Gasteiger partial charge in [-0.3, -0.25) is 19.6 Å². The van der Waals surface area contributed by atoms with Gasteiger partial charge in [0.1, 0.15) is 0 Å².